The number of benzene rings is 1. The number of aromatic hydroxyl groups is 1. The molecular formula is C10H8O4. The van der Waals surface area contributed by atoms with Crippen molar-refractivity contribution in [2.45, 2.75) is 0 Å². The van der Waals surface area contributed by atoms with Crippen molar-refractivity contribution in [1.82, 2.24) is 0 Å². The van der Waals surface area contributed by atoms with Crippen LogP contribution in [0.25, 0.3) is 11.0 Å². The van der Waals surface area contributed by atoms with E-state index in [0.29, 0.717) is 11.0 Å². The number of rotatable bonds is 1. The number of hydrogen-bond acceptors (Lipinski definition) is 4. The maximum atomic E-state index is 11.1. The van der Waals surface area contributed by atoms with Gasteiger partial charge in [-0.2, -0.15) is 0 Å². The lowest BCUT2D eigenvalue weighted by atomic mass is 10.2. The van der Waals surface area contributed by atoms with Crippen molar-refractivity contribution in [1.29, 1.82) is 0 Å². The highest BCUT2D eigenvalue weighted by atomic mass is 16.5. The van der Waals surface area contributed by atoms with Gasteiger partial charge in [0.15, 0.2) is 11.3 Å². The average Bonchev–Trinajstić information content (AvgIpc) is 2.62. The normalized spacial score (nSPS) is 10.4. The van der Waals surface area contributed by atoms with Crippen molar-refractivity contribution < 1.29 is 19.1 Å². The van der Waals surface area contributed by atoms with Gasteiger partial charge < -0.3 is 14.3 Å². The van der Waals surface area contributed by atoms with Crippen LogP contribution in [0.15, 0.2) is 28.7 Å². The van der Waals surface area contributed by atoms with E-state index in [0.717, 1.165) is 0 Å². The molecule has 14 heavy (non-hydrogen) atoms. The molecule has 1 N–H and O–H groups in total. The standard InChI is InChI=1S/C10H8O4/c1-13-10(12)8-5-6-3-2-4-7(11)9(6)14-8/h2-5,11H,1H3. The van der Waals surface area contributed by atoms with Crippen LogP contribution in [-0.4, -0.2) is 18.2 Å². The summed E-state index contributed by atoms with van der Waals surface area (Å²) in [5.41, 5.74) is 0.299. The number of phenolic OH excluding ortho intramolecular Hbond substituents is 1. The summed E-state index contributed by atoms with van der Waals surface area (Å²) < 4.78 is 9.62. The molecule has 0 saturated carbocycles. The number of fused-ring (bicyclic) bond motifs is 1. The molecule has 4 heteroatoms. The summed E-state index contributed by atoms with van der Waals surface area (Å²) in [4.78, 5) is 11.1. The predicted molar refractivity (Wildman–Crippen MR) is 49.2 cm³/mol. The fraction of sp³-hybridized carbons (Fsp3) is 0.100. The Morgan fingerprint density at radius 2 is 2.29 bits per heavy atom. The quantitative estimate of drug-likeness (QED) is 0.701. The number of esters is 1. The van der Waals surface area contributed by atoms with Crippen LogP contribution in [0.2, 0.25) is 0 Å². The lowest BCUT2D eigenvalue weighted by molar-refractivity contribution is 0.0567. The molecule has 2 rings (SSSR count). The third kappa shape index (κ3) is 1.21. The number of furan rings is 1. The summed E-state index contributed by atoms with van der Waals surface area (Å²) in [6.07, 6.45) is 0. The second-order valence-corrected chi connectivity index (χ2v) is 2.80. The van der Waals surface area contributed by atoms with Gasteiger partial charge in [0.25, 0.3) is 0 Å². The van der Waals surface area contributed by atoms with Crippen LogP contribution in [0.3, 0.4) is 0 Å². The first-order valence-corrected chi connectivity index (χ1v) is 4.02. The summed E-state index contributed by atoms with van der Waals surface area (Å²) in [6, 6.07) is 6.44. The molecule has 0 aliphatic rings. The van der Waals surface area contributed by atoms with Crippen LogP contribution in [0, 0.1) is 0 Å². The molecule has 0 spiro atoms. The number of hydrogen-bond donors (Lipinski definition) is 1. The predicted octanol–water partition coefficient (Wildman–Crippen LogP) is 1.93. The first-order chi connectivity index (χ1) is 6.72. The lowest BCUT2D eigenvalue weighted by Crippen LogP contribution is -1.97. The molecule has 1 aromatic carbocycles. The minimum atomic E-state index is -0.555. The summed E-state index contributed by atoms with van der Waals surface area (Å²) in [5.74, 6) is -0.456. The van der Waals surface area contributed by atoms with E-state index in [9.17, 15) is 9.90 Å². The Labute approximate surface area is 79.7 Å². The Morgan fingerprint density at radius 1 is 1.50 bits per heavy atom. The maximum absolute atomic E-state index is 11.1. The van der Waals surface area contributed by atoms with Gasteiger partial charge in [-0.1, -0.05) is 12.1 Å². The Kier molecular flexibility index (Phi) is 1.89. The summed E-state index contributed by atoms with van der Waals surface area (Å²) >= 11 is 0. The van der Waals surface area contributed by atoms with Gasteiger partial charge in [0.2, 0.25) is 5.76 Å². The highest BCUT2D eigenvalue weighted by Gasteiger charge is 2.13. The SMILES string of the molecule is COC(=O)c1cc2cccc(O)c2o1. The van der Waals surface area contributed by atoms with Crippen LogP contribution in [0.1, 0.15) is 10.6 Å². The molecule has 4 nitrogen and oxygen atoms in total. The van der Waals surface area contributed by atoms with E-state index in [2.05, 4.69) is 4.74 Å². The Bertz CT molecular complexity index is 484. The van der Waals surface area contributed by atoms with Gasteiger partial charge in [-0.15, -0.1) is 0 Å². The number of ether oxygens (including phenoxy) is 1. The van der Waals surface area contributed by atoms with E-state index in [-0.39, 0.29) is 11.5 Å². The molecule has 0 amide bonds. The van der Waals surface area contributed by atoms with Crippen LogP contribution in [0.4, 0.5) is 0 Å². The molecule has 1 heterocycles. The van der Waals surface area contributed by atoms with E-state index in [1.165, 1.54) is 19.2 Å². The first kappa shape index (κ1) is 8.62. The van der Waals surface area contributed by atoms with Crippen LogP contribution in [0.5, 0.6) is 5.75 Å². The van der Waals surface area contributed by atoms with E-state index in [4.69, 9.17) is 4.42 Å². The average molecular weight is 192 g/mol. The lowest BCUT2D eigenvalue weighted by Gasteiger charge is -1.92. The number of phenols is 1. The van der Waals surface area contributed by atoms with Gasteiger partial charge in [-0.05, 0) is 12.1 Å². The van der Waals surface area contributed by atoms with Crippen molar-refractivity contribution in [2.24, 2.45) is 0 Å². The Hall–Kier alpha value is -1.97. The fourth-order valence-corrected chi connectivity index (χ4v) is 1.25. The van der Waals surface area contributed by atoms with Gasteiger partial charge in [0.05, 0.1) is 7.11 Å². The van der Waals surface area contributed by atoms with E-state index >= 15 is 0 Å². The maximum Gasteiger partial charge on any atom is 0.373 e. The van der Waals surface area contributed by atoms with Crippen LogP contribution < -0.4 is 0 Å². The first-order valence-electron chi connectivity index (χ1n) is 4.02. The highest BCUT2D eigenvalue weighted by molar-refractivity contribution is 5.94. The third-order valence-corrected chi connectivity index (χ3v) is 1.91. The molecule has 1 aromatic heterocycles. The molecule has 0 radical (unpaired) electrons. The molecule has 0 unspecified atom stereocenters. The zero-order chi connectivity index (χ0) is 10.1. The van der Waals surface area contributed by atoms with Gasteiger partial charge in [0.1, 0.15) is 0 Å². The van der Waals surface area contributed by atoms with Gasteiger partial charge >= 0.3 is 5.97 Å². The third-order valence-electron chi connectivity index (χ3n) is 1.91. The topological polar surface area (TPSA) is 59.7 Å². The molecule has 0 atom stereocenters. The molecule has 0 bridgehead atoms. The Balaban J connectivity index is 2.62. The van der Waals surface area contributed by atoms with Crippen LogP contribution in [-0.2, 0) is 4.74 Å². The van der Waals surface area contributed by atoms with E-state index < -0.39 is 5.97 Å². The zero-order valence-electron chi connectivity index (χ0n) is 7.48. The van der Waals surface area contributed by atoms with Gasteiger partial charge in [-0.25, -0.2) is 4.79 Å². The van der Waals surface area contributed by atoms with Crippen molar-refractivity contribution >= 4 is 16.9 Å². The molecule has 0 saturated heterocycles. The summed E-state index contributed by atoms with van der Waals surface area (Å²) in [5, 5.41) is 10.1. The molecular weight excluding hydrogens is 184 g/mol. The monoisotopic (exact) mass is 192 g/mol. The number of carbonyl (C=O) groups is 1. The number of carbonyl (C=O) groups excluding carboxylic acids is 1. The molecule has 72 valence electrons. The summed E-state index contributed by atoms with van der Waals surface area (Å²) in [6.45, 7) is 0. The van der Waals surface area contributed by atoms with Crippen molar-refractivity contribution in [3.63, 3.8) is 0 Å². The van der Waals surface area contributed by atoms with Crippen LogP contribution >= 0.6 is 0 Å². The minimum Gasteiger partial charge on any atom is -0.504 e. The van der Waals surface area contributed by atoms with Gasteiger partial charge in [-0.3, -0.25) is 0 Å². The summed E-state index contributed by atoms with van der Waals surface area (Å²) in [7, 11) is 1.27. The van der Waals surface area contributed by atoms with Crippen molar-refractivity contribution in [3.8, 4) is 5.75 Å². The van der Waals surface area contributed by atoms with E-state index in [1.807, 2.05) is 0 Å². The highest BCUT2D eigenvalue weighted by Crippen LogP contribution is 2.27. The molecule has 2 aromatic rings. The second kappa shape index (κ2) is 3.06. The largest absolute Gasteiger partial charge is 0.504 e. The minimum absolute atomic E-state index is 0.0117. The number of para-hydroxylation sites is 1. The number of methoxy groups -OCH3 is 1. The molecule has 0 aliphatic heterocycles. The van der Waals surface area contributed by atoms with Crippen molar-refractivity contribution in [2.75, 3.05) is 7.11 Å². The van der Waals surface area contributed by atoms with Gasteiger partial charge in [0, 0.05) is 5.39 Å². The molecule has 0 aliphatic carbocycles. The fourth-order valence-electron chi connectivity index (χ4n) is 1.25. The van der Waals surface area contributed by atoms with Crippen molar-refractivity contribution in [3.05, 3.63) is 30.0 Å². The zero-order valence-corrected chi connectivity index (χ0v) is 7.48. The van der Waals surface area contributed by atoms with E-state index in [1.54, 1.807) is 12.1 Å². The second-order valence-electron chi connectivity index (χ2n) is 2.80. The Morgan fingerprint density at radius 3 is 2.93 bits per heavy atom. The smallest absolute Gasteiger partial charge is 0.373 e. The molecule has 0 fully saturated rings.